The lowest BCUT2D eigenvalue weighted by Crippen LogP contribution is -2.03. The van der Waals surface area contributed by atoms with Crippen LogP contribution in [-0.2, 0) is 17.1 Å². The van der Waals surface area contributed by atoms with Gasteiger partial charge in [-0.2, -0.15) is 8.42 Å². The van der Waals surface area contributed by atoms with E-state index in [1.807, 2.05) is 0 Å². The Hall–Kier alpha value is -3.21. The molecule has 0 aliphatic carbocycles. The van der Waals surface area contributed by atoms with Gasteiger partial charge >= 0.3 is 10.5 Å². The normalized spacial score (nSPS) is 11.5. The first-order valence-electron chi connectivity index (χ1n) is 8.22. The van der Waals surface area contributed by atoms with Gasteiger partial charge < -0.3 is 8.92 Å². The van der Waals surface area contributed by atoms with E-state index in [-0.39, 0.29) is 22.6 Å². The van der Waals surface area contributed by atoms with Crippen molar-refractivity contribution in [2.45, 2.75) is 13.0 Å². The molecule has 1 heterocycles. The van der Waals surface area contributed by atoms with E-state index in [4.69, 9.17) is 4.74 Å². The SMILES string of the molecule is O=S(=O)(F)Oc1ccc(OCc2c(F)cc(-c3ccnc(C(F)F)c3)cc2F)cc1. The van der Waals surface area contributed by atoms with Crippen LogP contribution in [0.1, 0.15) is 17.7 Å². The zero-order valence-electron chi connectivity index (χ0n) is 14.9. The van der Waals surface area contributed by atoms with Gasteiger partial charge in [-0.3, -0.25) is 4.98 Å². The molecule has 0 amide bonds. The Morgan fingerprint density at radius 2 is 1.50 bits per heavy atom. The highest BCUT2D eigenvalue weighted by Crippen LogP contribution is 2.28. The minimum atomic E-state index is -5.18. The second kappa shape index (κ2) is 8.66. The van der Waals surface area contributed by atoms with Crippen LogP contribution in [0, 0.1) is 11.6 Å². The highest BCUT2D eigenvalue weighted by Gasteiger charge is 2.16. The third kappa shape index (κ3) is 5.44. The Bertz CT molecular complexity index is 1130. The molecule has 0 fully saturated rings. The molecule has 0 atom stereocenters. The molecule has 0 spiro atoms. The molecule has 30 heavy (non-hydrogen) atoms. The van der Waals surface area contributed by atoms with Crippen molar-refractivity contribution >= 4 is 10.5 Å². The molecule has 0 saturated carbocycles. The highest BCUT2D eigenvalue weighted by atomic mass is 32.3. The molecule has 0 radical (unpaired) electrons. The third-order valence-corrected chi connectivity index (χ3v) is 4.27. The highest BCUT2D eigenvalue weighted by molar-refractivity contribution is 7.81. The van der Waals surface area contributed by atoms with Crippen LogP contribution in [0.25, 0.3) is 11.1 Å². The lowest BCUT2D eigenvalue weighted by molar-refractivity contribution is 0.146. The van der Waals surface area contributed by atoms with E-state index in [2.05, 4.69) is 9.17 Å². The van der Waals surface area contributed by atoms with Gasteiger partial charge in [-0.05, 0) is 59.7 Å². The number of alkyl halides is 2. The molecule has 1 aromatic heterocycles. The topological polar surface area (TPSA) is 65.5 Å². The van der Waals surface area contributed by atoms with Crippen molar-refractivity contribution in [2.75, 3.05) is 0 Å². The number of benzene rings is 2. The number of aromatic nitrogens is 1. The maximum absolute atomic E-state index is 14.4. The van der Waals surface area contributed by atoms with Crippen LogP contribution >= 0.6 is 0 Å². The number of pyridine rings is 1. The van der Waals surface area contributed by atoms with Gasteiger partial charge in [0.2, 0.25) is 0 Å². The number of nitrogens with zero attached hydrogens (tertiary/aromatic N) is 1. The summed E-state index contributed by atoms with van der Waals surface area (Å²) in [6, 6.07) is 8.96. The number of hydrogen-bond acceptors (Lipinski definition) is 5. The van der Waals surface area contributed by atoms with Crippen molar-refractivity contribution < 1.29 is 38.8 Å². The maximum Gasteiger partial charge on any atom is 0.488 e. The molecular weight excluding hydrogens is 433 g/mol. The molecule has 5 nitrogen and oxygen atoms in total. The summed E-state index contributed by atoms with van der Waals surface area (Å²) in [6.07, 6.45) is -1.71. The van der Waals surface area contributed by atoms with E-state index >= 15 is 0 Å². The van der Waals surface area contributed by atoms with Crippen molar-refractivity contribution in [3.05, 3.63) is 77.6 Å². The maximum atomic E-state index is 14.4. The standard InChI is InChI=1S/C19H12F5NO4S/c20-16-7-12(11-5-6-25-18(9-11)19(22)23)8-17(21)15(16)10-28-13-1-3-14(4-2-13)29-30(24,26)27/h1-9,19H,10H2. The molecule has 0 unspecified atom stereocenters. The molecule has 3 aromatic rings. The van der Waals surface area contributed by atoms with E-state index in [0.29, 0.717) is 0 Å². The van der Waals surface area contributed by atoms with Crippen molar-refractivity contribution in [3.8, 4) is 22.6 Å². The van der Waals surface area contributed by atoms with Crippen LogP contribution in [-0.4, -0.2) is 13.4 Å². The van der Waals surface area contributed by atoms with E-state index in [1.54, 1.807) is 0 Å². The largest absolute Gasteiger partial charge is 0.489 e. The molecule has 0 bridgehead atoms. The summed E-state index contributed by atoms with van der Waals surface area (Å²) < 4.78 is 96.9. The molecule has 2 aromatic carbocycles. The second-order valence-corrected chi connectivity index (χ2v) is 6.88. The number of halogens is 5. The van der Waals surface area contributed by atoms with Gasteiger partial charge in [0.25, 0.3) is 6.43 Å². The summed E-state index contributed by atoms with van der Waals surface area (Å²) in [6.45, 7) is -0.516. The summed E-state index contributed by atoms with van der Waals surface area (Å²) in [5, 5.41) is 0. The molecule has 3 rings (SSSR count). The monoisotopic (exact) mass is 445 g/mol. The van der Waals surface area contributed by atoms with Gasteiger partial charge in [-0.25, -0.2) is 17.6 Å². The third-order valence-electron chi connectivity index (χ3n) is 3.88. The molecule has 0 aliphatic heterocycles. The summed E-state index contributed by atoms with van der Waals surface area (Å²) in [5.41, 5.74) is -0.710. The fourth-order valence-corrected chi connectivity index (χ4v) is 2.86. The summed E-state index contributed by atoms with van der Waals surface area (Å²) in [4.78, 5) is 3.49. The van der Waals surface area contributed by atoms with Crippen LogP contribution < -0.4 is 8.92 Å². The van der Waals surface area contributed by atoms with Crippen molar-refractivity contribution in [3.63, 3.8) is 0 Å². The van der Waals surface area contributed by atoms with Gasteiger partial charge in [0.05, 0.1) is 5.56 Å². The summed E-state index contributed by atoms with van der Waals surface area (Å²) in [7, 11) is -5.18. The molecular formula is C19H12F5NO4S. The lowest BCUT2D eigenvalue weighted by Gasteiger charge is -2.11. The van der Waals surface area contributed by atoms with Crippen LogP contribution in [0.4, 0.5) is 21.4 Å². The average molecular weight is 445 g/mol. The van der Waals surface area contributed by atoms with Gasteiger partial charge in [0.1, 0.15) is 35.4 Å². The van der Waals surface area contributed by atoms with Crippen molar-refractivity contribution in [1.29, 1.82) is 0 Å². The first-order valence-corrected chi connectivity index (χ1v) is 9.52. The van der Waals surface area contributed by atoms with Gasteiger partial charge in [-0.1, -0.05) is 3.89 Å². The molecule has 0 aliphatic rings. The van der Waals surface area contributed by atoms with E-state index in [9.17, 15) is 29.9 Å². The first kappa shape index (κ1) is 21.5. The Labute approximate surface area is 168 Å². The predicted molar refractivity (Wildman–Crippen MR) is 96.0 cm³/mol. The van der Waals surface area contributed by atoms with Crippen LogP contribution in [0.5, 0.6) is 11.5 Å². The van der Waals surface area contributed by atoms with Gasteiger partial charge in [-0.15, -0.1) is 0 Å². The lowest BCUT2D eigenvalue weighted by atomic mass is 10.0. The fourth-order valence-electron chi connectivity index (χ4n) is 2.52. The minimum Gasteiger partial charge on any atom is -0.489 e. The second-order valence-electron chi connectivity index (χ2n) is 5.93. The zero-order valence-corrected chi connectivity index (χ0v) is 15.7. The van der Waals surface area contributed by atoms with E-state index < -0.39 is 46.4 Å². The van der Waals surface area contributed by atoms with Crippen LogP contribution in [0.2, 0.25) is 0 Å². The van der Waals surface area contributed by atoms with Crippen molar-refractivity contribution in [1.82, 2.24) is 4.98 Å². The summed E-state index contributed by atoms with van der Waals surface area (Å²) in [5.74, 6) is -2.11. The molecule has 158 valence electrons. The zero-order chi connectivity index (χ0) is 21.9. The number of hydrogen-bond donors (Lipinski definition) is 0. The van der Waals surface area contributed by atoms with Crippen LogP contribution in [0.3, 0.4) is 0 Å². The Balaban J connectivity index is 1.75. The first-order chi connectivity index (χ1) is 14.1. The Morgan fingerprint density at radius 1 is 0.900 bits per heavy atom. The Morgan fingerprint density at radius 3 is 2.07 bits per heavy atom. The average Bonchev–Trinajstić information content (AvgIpc) is 2.67. The van der Waals surface area contributed by atoms with Crippen LogP contribution in [0.15, 0.2) is 54.7 Å². The molecule has 11 heteroatoms. The molecule has 0 saturated heterocycles. The number of ether oxygens (including phenoxy) is 1. The number of rotatable bonds is 7. The quantitative estimate of drug-likeness (QED) is 0.372. The van der Waals surface area contributed by atoms with E-state index in [0.717, 1.165) is 36.5 Å². The van der Waals surface area contributed by atoms with Gasteiger partial charge in [0, 0.05) is 6.20 Å². The van der Waals surface area contributed by atoms with Gasteiger partial charge in [0.15, 0.2) is 0 Å². The molecule has 0 N–H and O–H groups in total. The smallest absolute Gasteiger partial charge is 0.488 e. The fraction of sp³-hybridized carbons (Fsp3) is 0.105. The Kier molecular flexibility index (Phi) is 6.20. The summed E-state index contributed by atoms with van der Waals surface area (Å²) >= 11 is 0. The minimum absolute atomic E-state index is 0.0481. The predicted octanol–water partition coefficient (Wildman–Crippen LogP) is 5.14. The van der Waals surface area contributed by atoms with E-state index in [1.165, 1.54) is 18.2 Å². The van der Waals surface area contributed by atoms with Crippen molar-refractivity contribution in [2.24, 2.45) is 0 Å².